The van der Waals surface area contributed by atoms with Crippen LogP contribution in [0.15, 0.2) is 0 Å². The standard InChI is InChI=1S/C6H14.ClH/c1-4-5-6(2)3;/h6H,4-5H2,1-3H3;1H/p-1. The van der Waals surface area contributed by atoms with Crippen molar-refractivity contribution < 1.29 is 12.4 Å². The molecule has 0 unspecified atom stereocenters. The van der Waals surface area contributed by atoms with Gasteiger partial charge in [-0.1, -0.05) is 33.6 Å². The molecule has 0 aromatic rings. The summed E-state index contributed by atoms with van der Waals surface area (Å²) in [6.45, 7) is 6.73. The predicted octanol–water partition coefficient (Wildman–Crippen LogP) is -0.553. The largest absolute Gasteiger partial charge is 1.00 e. The Kier molecular flexibility index (Phi) is 9.26. The summed E-state index contributed by atoms with van der Waals surface area (Å²) < 4.78 is 0. The first kappa shape index (κ1) is 10.3. The van der Waals surface area contributed by atoms with Gasteiger partial charge in [-0.3, -0.25) is 0 Å². The Bertz CT molecular complexity index is 25.4. The molecule has 0 heterocycles. The van der Waals surface area contributed by atoms with Crippen molar-refractivity contribution in [3.05, 3.63) is 0 Å². The lowest BCUT2D eigenvalue weighted by molar-refractivity contribution is -0.00000164. The molecule has 0 aliphatic heterocycles. The second-order valence-electron chi connectivity index (χ2n) is 2.18. The van der Waals surface area contributed by atoms with E-state index in [4.69, 9.17) is 0 Å². The van der Waals surface area contributed by atoms with Crippen LogP contribution in [0.3, 0.4) is 0 Å². The van der Waals surface area contributed by atoms with E-state index in [1.807, 2.05) is 0 Å². The minimum absolute atomic E-state index is 0. The first-order valence-corrected chi connectivity index (χ1v) is 2.77. The van der Waals surface area contributed by atoms with Crippen molar-refractivity contribution in [2.24, 2.45) is 5.92 Å². The average molecular weight is 122 g/mol. The summed E-state index contributed by atoms with van der Waals surface area (Å²) in [5.74, 6) is 0.898. The van der Waals surface area contributed by atoms with E-state index < -0.39 is 0 Å². The van der Waals surface area contributed by atoms with Crippen LogP contribution in [0.2, 0.25) is 0 Å². The van der Waals surface area contributed by atoms with E-state index in [0.717, 1.165) is 5.92 Å². The van der Waals surface area contributed by atoms with Crippen LogP contribution in [-0.2, 0) is 0 Å². The van der Waals surface area contributed by atoms with Crippen molar-refractivity contribution in [3.8, 4) is 0 Å². The van der Waals surface area contributed by atoms with Crippen molar-refractivity contribution in [3.63, 3.8) is 0 Å². The normalized spacial score (nSPS) is 8.57. The molecule has 0 atom stereocenters. The van der Waals surface area contributed by atoms with Gasteiger partial charge in [0.25, 0.3) is 0 Å². The molecule has 0 aliphatic rings. The number of hydrogen-bond acceptors (Lipinski definition) is 0. The zero-order valence-corrected chi connectivity index (χ0v) is 6.13. The summed E-state index contributed by atoms with van der Waals surface area (Å²) in [5.41, 5.74) is 0. The lowest BCUT2D eigenvalue weighted by Crippen LogP contribution is -3.00. The fourth-order valence-electron chi connectivity index (χ4n) is 0.577. The molecule has 1 heteroatoms. The Balaban J connectivity index is 0. The van der Waals surface area contributed by atoms with Gasteiger partial charge in [-0.2, -0.15) is 0 Å². The second kappa shape index (κ2) is 6.29. The highest BCUT2D eigenvalue weighted by Gasteiger charge is 1.85. The maximum Gasteiger partial charge on any atom is -0.0471 e. The summed E-state index contributed by atoms with van der Waals surface area (Å²) >= 11 is 0. The van der Waals surface area contributed by atoms with Crippen molar-refractivity contribution in [2.75, 3.05) is 0 Å². The van der Waals surface area contributed by atoms with Gasteiger partial charge < -0.3 is 12.4 Å². The lowest BCUT2D eigenvalue weighted by Gasteiger charge is -1.95. The van der Waals surface area contributed by atoms with E-state index in [9.17, 15) is 0 Å². The third kappa shape index (κ3) is 10.7. The van der Waals surface area contributed by atoms with Gasteiger partial charge in [0.05, 0.1) is 0 Å². The third-order valence-electron chi connectivity index (χ3n) is 0.866. The monoisotopic (exact) mass is 121 g/mol. The molecule has 0 N–H and O–H groups in total. The second-order valence-corrected chi connectivity index (χ2v) is 2.18. The quantitative estimate of drug-likeness (QED) is 0.460. The molecule has 0 aromatic heterocycles. The maximum absolute atomic E-state index is 2.25. The number of hydrogen-bond donors (Lipinski definition) is 0. The van der Waals surface area contributed by atoms with E-state index in [2.05, 4.69) is 20.8 Å². The number of halogens is 1. The van der Waals surface area contributed by atoms with Gasteiger partial charge in [-0.05, 0) is 5.92 Å². The fraction of sp³-hybridized carbons (Fsp3) is 1.00. The fourth-order valence-corrected chi connectivity index (χ4v) is 0.577. The summed E-state index contributed by atoms with van der Waals surface area (Å²) in [6.07, 6.45) is 2.71. The van der Waals surface area contributed by atoms with Crippen LogP contribution < -0.4 is 12.4 Å². The molecule has 0 rings (SSSR count). The Hall–Kier alpha value is 0.290. The zero-order valence-electron chi connectivity index (χ0n) is 5.37. The third-order valence-corrected chi connectivity index (χ3v) is 0.866. The molecule has 7 heavy (non-hydrogen) atoms. The van der Waals surface area contributed by atoms with Gasteiger partial charge in [0, 0.05) is 0 Å². The topological polar surface area (TPSA) is 0 Å². The van der Waals surface area contributed by atoms with Crippen LogP contribution in [0.25, 0.3) is 0 Å². The molecular weight excluding hydrogens is 108 g/mol. The molecule has 0 aromatic carbocycles. The molecule has 0 amide bonds. The SMILES string of the molecule is CCCC(C)C.[Cl-]. The zero-order chi connectivity index (χ0) is 4.99. The molecule has 0 nitrogen and oxygen atoms in total. The highest BCUT2D eigenvalue weighted by molar-refractivity contribution is 4.38. The van der Waals surface area contributed by atoms with E-state index in [0.29, 0.717) is 0 Å². The van der Waals surface area contributed by atoms with Crippen LogP contribution in [0.4, 0.5) is 0 Å². The summed E-state index contributed by atoms with van der Waals surface area (Å²) in [5, 5.41) is 0. The van der Waals surface area contributed by atoms with Gasteiger partial charge in [-0.25, -0.2) is 0 Å². The Labute approximate surface area is 52.7 Å². The highest BCUT2D eigenvalue weighted by atomic mass is 35.5. The first-order valence-electron chi connectivity index (χ1n) is 2.77. The van der Waals surface area contributed by atoms with Crippen LogP contribution in [0.1, 0.15) is 33.6 Å². The smallest absolute Gasteiger partial charge is 0.0471 e. The summed E-state index contributed by atoms with van der Waals surface area (Å²) in [7, 11) is 0. The molecular formula is C6H14Cl-. The first-order chi connectivity index (χ1) is 2.77. The molecule has 46 valence electrons. The van der Waals surface area contributed by atoms with E-state index >= 15 is 0 Å². The maximum atomic E-state index is 2.25. The van der Waals surface area contributed by atoms with Gasteiger partial charge in [0.2, 0.25) is 0 Å². The molecule has 0 fully saturated rings. The Morgan fingerprint density at radius 3 is 1.71 bits per heavy atom. The van der Waals surface area contributed by atoms with Crippen molar-refractivity contribution >= 4 is 0 Å². The van der Waals surface area contributed by atoms with Crippen LogP contribution in [0, 0.1) is 5.92 Å². The Morgan fingerprint density at radius 1 is 1.29 bits per heavy atom. The minimum Gasteiger partial charge on any atom is -1.00 e. The van der Waals surface area contributed by atoms with Crippen LogP contribution in [0.5, 0.6) is 0 Å². The average Bonchev–Trinajstić information content (AvgIpc) is 1.35. The summed E-state index contributed by atoms with van der Waals surface area (Å²) in [4.78, 5) is 0. The van der Waals surface area contributed by atoms with Crippen molar-refractivity contribution in [2.45, 2.75) is 33.6 Å². The molecule has 0 saturated carbocycles. The minimum atomic E-state index is 0. The van der Waals surface area contributed by atoms with Crippen molar-refractivity contribution in [1.82, 2.24) is 0 Å². The van der Waals surface area contributed by atoms with Gasteiger partial charge in [-0.15, -0.1) is 0 Å². The van der Waals surface area contributed by atoms with Gasteiger partial charge in [0.15, 0.2) is 0 Å². The van der Waals surface area contributed by atoms with Gasteiger partial charge >= 0.3 is 0 Å². The van der Waals surface area contributed by atoms with E-state index in [1.165, 1.54) is 12.8 Å². The van der Waals surface area contributed by atoms with Crippen LogP contribution in [-0.4, -0.2) is 0 Å². The van der Waals surface area contributed by atoms with E-state index in [1.54, 1.807) is 0 Å². The van der Waals surface area contributed by atoms with Gasteiger partial charge in [0.1, 0.15) is 0 Å². The van der Waals surface area contributed by atoms with Crippen molar-refractivity contribution in [1.29, 1.82) is 0 Å². The Morgan fingerprint density at radius 2 is 1.71 bits per heavy atom. The number of rotatable bonds is 2. The molecule has 0 bridgehead atoms. The van der Waals surface area contributed by atoms with E-state index in [-0.39, 0.29) is 12.4 Å². The van der Waals surface area contributed by atoms with Crippen LogP contribution >= 0.6 is 0 Å². The molecule has 0 aliphatic carbocycles. The highest BCUT2D eigenvalue weighted by Crippen LogP contribution is 2.00. The summed E-state index contributed by atoms with van der Waals surface area (Å²) in [6, 6.07) is 0. The molecule has 0 spiro atoms. The predicted molar refractivity (Wildman–Crippen MR) is 29.7 cm³/mol. The molecule has 0 radical (unpaired) electrons. The lowest BCUT2D eigenvalue weighted by atomic mass is 10.1. The molecule has 0 saturated heterocycles.